The summed E-state index contributed by atoms with van der Waals surface area (Å²) < 4.78 is 13.4. The molecule has 0 atom stereocenters. The average Bonchev–Trinajstić information content (AvgIpc) is 2.92. The number of hydrogen-bond acceptors (Lipinski definition) is 6. The van der Waals surface area contributed by atoms with Gasteiger partial charge in [-0.2, -0.15) is 0 Å². The number of hydrogen-bond donors (Lipinski definition) is 2. The highest BCUT2D eigenvalue weighted by molar-refractivity contribution is 5.84. The van der Waals surface area contributed by atoms with Gasteiger partial charge in [-0.3, -0.25) is 4.99 Å². The number of aliphatic hydroxyl groups is 1. The molecule has 1 heterocycles. The van der Waals surface area contributed by atoms with Gasteiger partial charge in [0, 0.05) is 11.4 Å². The summed E-state index contributed by atoms with van der Waals surface area (Å²) in [5.41, 5.74) is 6.32. The predicted molar refractivity (Wildman–Crippen MR) is 147 cm³/mol. The van der Waals surface area contributed by atoms with Crippen LogP contribution in [-0.2, 0) is 0 Å². The van der Waals surface area contributed by atoms with E-state index in [-0.39, 0.29) is 6.61 Å². The molecule has 0 bridgehead atoms. The van der Waals surface area contributed by atoms with Crippen molar-refractivity contribution in [2.45, 2.75) is 13.8 Å². The lowest BCUT2D eigenvalue weighted by atomic mass is 10.1. The van der Waals surface area contributed by atoms with Crippen molar-refractivity contribution in [1.82, 2.24) is 9.55 Å². The molecule has 0 unspecified atom stereocenters. The second-order valence-electron chi connectivity index (χ2n) is 8.41. The Morgan fingerprint density at radius 1 is 0.865 bits per heavy atom. The smallest absolute Gasteiger partial charge is 0.119 e. The molecule has 2 aliphatic rings. The van der Waals surface area contributed by atoms with Crippen LogP contribution in [0.5, 0.6) is 11.5 Å². The maximum absolute atomic E-state index is 9.49. The third-order valence-electron chi connectivity index (χ3n) is 5.93. The number of anilines is 2. The van der Waals surface area contributed by atoms with Crippen LogP contribution in [-0.4, -0.2) is 41.0 Å². The summed E-state index contributed by atoms with van der Waals surface area (Å²) in [5.74, 6) is 1.65. The van der Waals surface area contributed by atoms with Gasteiger partial charge in [0.05, 0.1) is 59.8 Å². The number of ether oxygens (including phenoxy) is 2. The molecule has 0 saturated heterocycles. The van der Waals surface area contributed by atoms with Crippen molar-refractivity contribution < 1.29 is 14.6 Å². The summed E-state index contributed by atoms with van der Waals surface area (Å²) in [6.45, 7) is 5.45. The second kappa shape index (κ2) is 11.1. The van der Waals surface area contributed by atoms with Gasteiger partial charge in [-0.25, -0.2) is 4.98 Å². The lowest BCUT2D eigenvalue weighted by Gasteiger charge is -2.20. The summed E-state index contributed by atoms with van der Waals surface area (Å²) in [5, 5.41) is 13.7. The molecule has 0 spiro atoms. The molecule has 37 heavy (non-hydrogen) atoms. The van der Waals surface area contributed by atoms with Crippen molar-refractivity contribution in [3.63, 3.8) is 0 Å². The molecule has 0 saturated carbocycles. The molecule has 0 aromatic heterocycles. The molecule has 1 aliphatic carbocycles. The monoisotopic (exact) mass is 494 g/mol. The first-order valence-corrected chi connectivity index (χ1v) is 12.5. The Bertz CT molecular complexity index is 1530. The molecule has 5 rings (SSSR count). The van der Waals surface area contributed by atoms with Gasteiger partial charge in [-0.05, 0) is 86.6 Å². The van der Waals surface area contributed by atoms with Crippen molar-refractivity contribution >= 4 is 22.4 Å². The highest BCUT2D eigenvalue weighted by Crippen LogP contribution is 2.31. The number of rotatable bonds is 9. The number of nitrogens with zero attached hydrogens (tertiary/aromatic N) is 3. The maximum atomic E-state index is 9.49. The van der Waals surface area contributed by atoms with E-state index in [1.807, 2.05) is 92.7 Å². The zero-order valence-corrected chi connectivity index (χ0v) is 21.0. The quantitative estimate of drug-likeness (QED) is 0.262. The SMILES string of the molecule is CCOc1ccc(Nc2cc3nc4ccccc4n(-c4ccc(OCC)cc4)c-3cc2=NCCO)cc1. The van der Waals surface area contributed by atoms with Crippen LogP contribution in [0.3, 0.4) is 0 Å². The van der Waals surface area contributed by atoms with Crippen molar-refractivity contribution in [2.24, 2.45) is 4.99 Å². The van der Waals surface area contributed by atoms with Crippen molar-refractivity contribution in [2.75, 3.05) is 31.7 Å². The first-order valence-electron chi connectivity index (χ1n) is 12.5. The van der Waals surface area contributed by atoms with E-state index in [9.17, 15) is 5.11 Å². The first kappa shape index (κ1) is 24.3. The molecule has 188 valence electrons. The average molecular weight is 495 g/mol. The fourth-order valence-electron chi connectivity index (χ4n) is 4.34. The number of aromatic nitrogens is 2. The Balaban J connectivity index is 1.68. The Kier molecular flexibility index (Phi) is 7.33. The minimum Gasteiger partial charge on any atom is -0.494 e. The van der Waals surface area contributed by atoms with Gasteiger partial charge < -0.3 is 24.5 Å². The first-order chi connectivity index (χ1) is 18.2. The molecule has 0 fully saturated rings. The Morgan fingerprint density at radius 2 is 1.54 bits per heavy atom. The Morgan fingerprint density at radius 3 is 2.22 bits per heavy atom. The molecule has 3 aromatic carbocycles. The van der Waals surface area contributed by atoms with Gasteiger partial charge in [-0.15, -0.1) is 0 Å². The van der Waals surface area contributed by atoms with Gasteiger partial charge in [0.1, 0.15) is 11.5 Å². The van der Waals surface area contributed by atoms with Crippen LogP contribution in [0.2, 0.25) is 0 Å². The summed E-state index contributed by atoms with van der Waals surface area (Å²) in [7, 11) is 0. The zero-order valence-electron chi connectivity index (χ0n) is 21.0. The van der Waals surface area contributed by atoms with E-state index in [2.05, 4.69) is 20.9 Å². The summed E-state index contributed by atoms with van der Waals surface area (Å²) in [6.07, 6.45) is 0. The largest absolute Gasteiger partial charge is 0.494 e. The van der Waals surface area contributed by atoms with Crippen LogP contribution >= 0.6 is 0 Å². The number of benzene rings is 4. The van der Waals surface area contributed by atoms with Gasteiger partial charge in [-0.1, -0.05) is 12.1 Å². The number of aliphatic hydroxyl groups excluding tert-OH is 1. The second-order valence-corrected chi connectivity index (χ2v) is 8.41. The molecule has 7 heteroatoms. The molecule has 0 radical (unpaired) electrons. The highest BCUT2D eigenvalue weighted by Gasteiger charge is 2.16. The standard InChI is InChI=1S/C30H30N4O3/c1-3-36-23-13-9-21(10-14-23)32-27-19-28-30(20-26(27)31-17-18-35)34(29-8-6-5-7-25(29)33-28)22-11-15-24(16-12-22)37-4-2/h5-16,19-20,32,35H,3-4,17-18H2,1-2H3. The third kappa shape index (κ3) is 5.27. The minimum absolute atomic E-state index is 0.0323. The highest BCUT2D eigenvalue weighted by atomic mass is 16.5. The number of para-hydroxylation sites is 2. The molecule has 2 N–H and O–H groups in total. The van der Waals surface area contributed by atoms with Crippen LogP contribution in [0.4, 0.5) is 11.4 Å². The van der Waals surface area contributed by atoms with E-state index in [1.165, 1.54) is 0 Å². The third-order valence-corrected chi connectivity index (χ3v) is 5.93. The predicted octanol–water partition coefficient (Wildman–Crippen LogP) is 5.56. The molecular weight excluding hydrogens is 464 g/mol. The molecular formula is C30H30N4O3. The van der Waals surface area contributed by atoms with Gasteiger partial charge in [0.25, 0.3) is 0 Å². The minimum atomic E-state index is -0.0323. The molecule has 1 aliphatic heterocycles. The lowest BCUT2D eigenvalue weighted by molar-refractivity contribution is 0.306. The Labute approximate surface area is 216 Å². The maximum Gasteiger partial charge on any atom is 0.119 e. The van der Waals surface area contributed by atoms with E-state index in [1.54, 1.807) is 0 Å². The zero-order chi connectivity index (χ0) is 25.6. The summed E-state index contributed by atoms with van der Waals surface area (Å²) in [4.78, 5) is 9.65. The van der Waals surface area contributed by atoms with Crippen LogP contribution in [0, 0.1) is 0 Å². The van der Waals surface area contributed by atoms with Crippen LogP contribution < -0.4 is 20.1 Å². The number of nitrogens with one attached hydrogen (secondary N) is 1. The van der Waals surface area contributed by atoms with Crippen molar-refractivity contribution in [1.29, 1.82) is 0 Å². The van der Waals surface area contributed by atoms with E-state index >= 15 is 0 Å². The van der Waals surface area contributed by atoms with Crippen LogP contribution in [0.15, 0.2) is 89.9 Å². The Hall–Kier alpha value is -4.36. The summed E-state index contributed by atoms with van der Waals surface area (Å²) in [6, 6.07) is 28.0. The van der Waals surface area contributed by atoms with Crippen molar-refractivity contribution in [3.8, 4) is 28.6 Å². The summed E-state index contributed by atoms with van der Waals surface area (Å²) >= 11 is 0. The molecule has 3 aromatic rings. The van der Waals surface area contributed by atoms with Crippen LogP contribution in [0.1, 0.15) is 13.8 Å². The van der Waals surface area contributed by atoms with E-state index in [4.69, 9.17) is 14.5 Å². The van der Waals surface area contributed by atoms with Crippen molar-refractivity contribution in [3.05, 3.63) is 90.3 Å². The fourth-order valence-corrected chi connectivity index (χ4v) is 4.34. The van der Waals surface area contributed by atoms with E-state index in [0.717, 1.165) is 56.3 Å². The number of fused-ring (bicyclic) bond motifs is 2. The van der Waals surface area contributed by atoms with Gasteiger partial charge in [0.15, 0.2) is 0 Å². The van der Waals surface area contributed by atoms with E-state index in [0.29, 0.717) is 19.8 Å². The molecule has 0 amide bonds. The lowest BCUT2D eigenvalue weighted by Crippen LogP contribution is -2.16. The van der Waals surface area contributed by atoms with Gasteiger partial charge in [0.2, 0.25) is 0 Å². The van der Waals surface area contributed by atoms with E-state index < -0.39 is 0 Å². The topological polar surface area (TPSA) is 80.9 Å². The fraction of sp³-hybridized carbons (Fsp3) is 0.200. The van der Waals surface area contributed by atoms with Crippen LogP contribution in [0.25, 0.3) is 28.1 Å². The normalized spacial score (nSPS) is 11.7. The van der Waals surface area contributed by atoms with Gasteiger partial charge >= 0.3 is 0 Å². The molecule has 7 nitrogen and oxygen atoms in total.